The lowest BCUT2D eigenvalue weighted by atomic mass is 10.1. The highest BCUT2D eigenvalue weighted by Crippen LogP contribution is 2.37. The molecule has 21 heavy (non-hydrogen) atoms. The Kier molecular flexibility index (Phi) is 5.23. The monoisotopic (exact) mass is 428 g/mol. The minimum atomic E-state index is -3.72. The van der Waals surface area contributed by atoms with Crippen molar-refractivity contribution in [3.05, 3.63) is 43.0 Å². The van der Waals surface area contributed by atoms with Crippen LogP contribution in [0.15, 0.2) is 33.6 Å². The Morgan fingerprint density at radius 3 is 2.48 bits per heavy atom. The number of nitrogens with one attached hydrogen (secondary N) is 1. The highest BCUT2D eigenvalue weighted by atomic mass is 79.9. The van der Waals surface area contributed by atoms with Crippen LogP contribution in [0.5, 0.6) is 0 Å². The van der Waals surface area contributed by atoms with E-state index >= 15 is 0 Å². The van der Waals surface area contributed by atoms with Gasteiger partial charge >= 0.3 is 0 Å². The topological polar surface area (TPSA) is 72.2 Å². The van der Waals surface area contributed by atoms with Crippen LogP contribution >= 0.6 is 50.5 Å². The van der Waals surface area contributed by atoms with E-state index in [2.05, 4.69) is 21.2 Å². The van der Waals surface area contributed by atoms with Crippen LogP contribution in [0.2, 0.25) is 8.67 Å². The van der Waals surface area contributed by atoms with E-state index < -0.39 is 10.0 Å². The fourth-order valence-corrected chi connectivity index (χ4v) is 4.58. The Balaban J connectivity index is 2.26. The van der Waals surface area contributed by atoms with E-state index in [1.54, 1.807) is 12.1 Å². The average molecular weight is 430 g/mol. The molecule has 9 heteroatoms. The number of rotatable bonds is 4. The van der Waals surface area contributed by atoms with Gasteiger partial charge in [0.15, 0.2) is 0 Å². The molecule has 0 saturated heterocycles. The maximum atomic E-state index is 11.3. The quantitative estimate of drug-likeness (QED) is 0.743. The predicted octanol–water partition coefficient (Wildman–Crippen LogP) is 4.64. The summed E-state index contributed by atoms with van der Waals surface area (Å²) >= 11 is 16.7. The standard InChI is InChI=1S/C12H11BrCl2N2O2S2/c1-6(8-5-11(14)20-12(8)15)17-10-3-2-7(4-9(10)13)21(16,18)19/h2-6,17H,1H3,(H2,16,18,19). The van der Waals surface area contributed by atoms with Gasteiger partial charge in [0.25, 0.3) is 0 Å². The van der Waals surface area contributed by atoms with Crippen LogP contribution in [-0.2, 0) is 10.0 Å². The smallest absolute Gasteiger partial charge is 0.238 e. The van der Waals surface area contributed by atoms with Gasteiger partial charge in [-0.1, -0.05) is 23.2 Å². The van der Waals surface area contributed by atoms with Crippen molar-refractivity contribution in [2.24, 2.45) is 5.14 Å². The fraction of sp³-hybridized carbons (Fsp3) is 0.167. The van der Waals surface area contributed by atoms with Gasteiger partial charge < -0.3 is 5.32 Å². The van der Waals surface area contributed by atoms with Crippen LogP contribution in [0.1, 0.15) is 18.5 Å². The van der Waals surface area contributed by atoms with E-state index in [4.69, 9.17) is 28.3 Å². The molecule has 0 aliphatic carbocycles. The zero-order chi connectivity index (χ0) is 15.8. The zero-order valence-corrected chi connectivity index (χ0v) is 15.5. The lowest BCUT2D eigenvalue weighted by molar-refractivity contribution is 0.598. The summed E-state index contributed by atoms with van der Waals surface area (Å²) in [7, 11) is -3.72. The molecular weight excluding hydrogens is 419 g/mol. The molecule has 2 aromatic rings. The predicted molar refractivity (Wildman–Crippen MR) is 91.9 cm³/mol. The van der Waals surface area contributed by atoms with Crippen molar-refractivity contribution in [3.63, 3.8) is 0 Å². The van der Waals surface area contributed by atoms with E-state index in [1.807, 2.05) is 6.92 Å². The van der Waals surface area contributed by atoms with E-state index in [1.165, 1.54) is 23.5 Å². The van der Waals surface area contributed by atoms with E-state index in [9.17, 15) is 8.42 Å². The molecule has 0 aliphatic heterocycles. The van der Waals surface area contributed by atoms with Gasteiger partial charge in [0.05, 0.1) is 19.6 Å². The van der Waals surface area contributed by atoms with Crippen molar-refractivity contribution in [2.75, 3.05) is 5.32 Å². The number of halogens is 3. The van der Waals surface area contributed by atoms with Crippen LogP contribution in [0.25, 0.3) is 0 Å². The molecule has 0 fully saturated rings. The maximum absolute atomic E-state index is 11.3. The first kappa shape index (κ1) is 17.1. The minimum Gasteiger partial charge on any atom is -0.378 e. The third-order valence-corrected chi connectivity index (χ3v) is 5.88. The molecule has 2 rings (SSSR count). The molecule has 114 valence electrons. The molecule has 1 unspecified atom stereocenters. The van der Waals surface area contributed by atoms with Crippen molar-refractivity contribution in [2.45, 2.75) is 17.9 Å². The summed E-state index contributed by atoms with van der Waals surface area (Å²) in [6.07, 6.45) is 0. The zero-order valence-electron chi connectivity index (χ0n) is 10.7. The molecular formula is C12H11BrCl2N2O2S2. The number of primary sulfonamides is 1. The summed E-state index contributed by atoms with van der Waals surface area (Å²) in [6, 6.07) is 6.25. The lowest BCUT2D eigenvalue weighted by Crippen LogP contribution is -2.12. The van der Waals surface area contributed by atoms with Gasteiger partial charge in [0, 0.05) is 15.7 Å². The van der Waals surface area contributed by atoms with Crippen LogP contribution in [-0.4, -0.2) is 8.42 Å². The average Bonchev–Trinajstić information content (AvgIpc) is 2.69. The van der Waals surface area contributed by atoms with Gasteiger partial charge in [-0.05, 0) is 47.1 Å². The molecule has 1 atom stereocenters. The first-order chi connectivity index (χ1) is 9.68. The summed E-state index contributed by atoms with van der Waals surface area (Å²) in [5.41, 5.74) is 1.61. The van der Waals surface area contributed by atoms with Crippen molar-refractivity contribution >= 4 is 66.2 Å². The van der Waals surface area contributed by atoms with Crippen LogP contribution in [0.3, 0.4) is 0 Å². The number of benzene rings is 1. The van der Waals surface area contributed by atoms with Crippen molar-refractivity contribution in [1.29, 1.82) is 0 Å². The largest absolute Gasteiger partial charge is 0.378 e. The van der Waals surface area contributed by atoms with Gasteiger partial charge in [0.1, 0.15) is 0 Å². The number of thiophene rings is 1. The van der Waals surface area contributed by atoms with Gasteiger partial charge in [-0.3, -0.25) is 0 Å². The first-order valence-corrected chi connectivity index (χ1v) is 9.63. The summed E-state index contributed by atoms with van der Waals surface area (Å²) in [5, 5.41) is 8.33. The third kappa shape index (κ3) is 4.12. The van der Waals surface area contributed by atoms with Gasteiger partial charge in [-0.2, -0.15) is 0 Å². The summed E-state index contributed by atoms with van der Waals surface area (Å²) in [5.74, 6) is 0. The number of nitrogens with two attached hydrogens (primary N) is 1. The van der Waals surface area contributed by atoms with Gasteiger partial charge in [-0.25, -0.2) is 13.6 Å². The Morgan fingerprint density at radius 2 is 2.00 bits per heavy atom. The normalized spacial score (nSPS) is 13.2. The highest BCUT2D eigenvalue weighted by Gasteiger charge is 2.15. The lowest BCUT2D eigenvalue weighted by Gasteiger charge is -2.16. The Hall–Kier alpha value is -0.310. The molecule has 0 bridgehead atoms. The summed E-state index contributed by atoms with van der Waals surface area (Å²) < 4.78 is 24.4. The minimum absolute atomic E-state index is 0.0455. The molecule has 1 heterocycles. The highest BCUT2D eigenvalue weighted by molar-refractivity contribution is 9.10. The van der Waals surface area contributed by atoms with E-state index in [0.29, 0.717) is 13.1 Å². The molecule has 1 aromatic heterocycles. The van der Waals surface area contributed by atoms with Crippen LogP contribution in [0, 0.1) is 0 Å². The van der Waals surface area contributed by atoms with Crippen LogP contribution in [0.4, 0.5) is 5.69 Å². The number of hydrogen-bond donors (Lipinski definition) is 2. The Morgan fingerprint density at radius 1 is 1.33 bits per heavy atom. The van der Waals surface area contributed by atoms with E-state index in [-0.39, 0.29) is 10.9 Å². The molecule has 0 radical (unpaired) electrons. The third-order valence-electron chi connectivity index (χ3n) is 2.79. The Bertz CT molecular complexity index is 778. The number of hydrogen-bond acceptors (Lipinski definition) is 4. The van der Waals surface area contributed by atoms with Crippen molar-refractivity contribution < 1.29 is 8.42 Å². The second-order valence-corrected chi connectivity index (χ2v) is 9.03. The Labute approximate surface area is 145 Å². The fourth-order valence-electron chi connectivity index (χ4n) is 1.75. The second kappa shape index (κ2) is 6.44. The number of sulfonamides is 1. The van der Waals surface area contributed by atoms with Gasteiger partial charge in [-0.15, -0.1) is 11.3 Å². The molecule has 4 nitrogen and oxygen atoms in total. The first-order valence-electron chi connectivity index (χ1n) is 5.72. The summed E-state index contributed by atoms with van der Waals surface area (Å²) in [4.78, 5) is 0.0455. The SMILES string of the molecule is CC(Nc1ccc(S(N)(=O)=O)cc1Br)c1cc(Cl)sc1Cl. The van der Waals surface area contributed by atoms with E-state index in [0.717, 1.165) is 11.3 Å². The molecule has 0 amide bonds. The maximum Gasteiger partial charge on any atom is 0.238 e. The molecule has 0 saturated carbocycles. The van der Waals surface area contributed by atoms with Crippen molar-refractivity contribution in [3.8, 4) is 0 Å². The van der Waals surface area contributed by atoms with Crippen molar-refractivity contribution in [1.82, 2.24) is 0 Å². The summed E-state index contributed by atoms with van der Waals surface area (Å²) in [6.45, 7) is 1.93. The molecule has 0 spiro atoms. The van der Waals surface area contributed by atoms with Gasteiger partial charge in [0.2, 0.25) is 10.0 Å². The molecule has 3 N–H and O–H groups in total. The number of anilines is 1. The van der Waals surface area contributed by atoms with Crippen LogP contribution < -0.4 is 10.5 Å². The molecule has 1 aromatic carbocycles. The molecule has 0 aliphatic rings. The second-order valence-electron chi connectivity index (χ2n) is 4.33.